The minimum atomic E-state index is 0.850. The number of rotatable bonds is 6. The third kappa shape index (κ3) is 7.17. The van der Waals surface area contributed by atoms with Gasteiger partial charge in [-0.2, -0.15) is 0 Å². The van der Waals surface area contributed by atoms with Gasteiger partial charge in [-0.05, 0) is 53.1 Å². The van der Waals surface area contributed by atoms with Crippen molar-refractivity contribution in [1.82, 2.24) is 15.1 Å². The Morgan fingerprint density at radius 2 is 1.81 bits per heavy atom. The summed E-state index contributed by atoms with van der Waals surface area (Å²) in [6.45, 7) is 8.59. The second-order valence-electron chi connectivity index (χ2n) is 4.71. The van der Waals surface area contributed by atoms with Crippen LogP contribution >= 0.6 is 0 Å². The van der Waals surface area contributed by atoms with Gasteiger partial charge in [-0.15, -0.1) is 0 Å². The normalized spacial score (nSPS) is 19.7. The molecule has 0 aromatic rings. The first kappa shape index (κ1) is 13.9. The summed E-state index contributed by atoms with van der Waals surface area (Å²) >= 11 is 0. The number of hydrogen-bond acceptors (Lipinski definition) is 4. The maximum atomic E-state index is 5.62. The summed E-state index contributed by atoms with van der Waals surface area (Å²) in [5.41, 5.74) is 0. The van der Waals surface area contributed by atoms with Crippen LogP contribution in [-0.4, -0.2) is 76.4 Å². The average molecular weight is 229 g/mol. The van der Waals surface area contributed by atoms with Gasteiger partial charge in [0.25, 0.3) is 0 Å². The topological polar surface area (TPSA) is 27.7 Å². The van der Waals surface area contributed by atoms with Gasteiger partial charge in [0.15, 0.2) is 0 Å². The molecule has 0 saturated carbocycles. The molecule has 4 nitrogen and oxygen atoms in total. The standard InChI is InChI=1S/C12H27N3O/c1-14(2)9-11-16-12-10-15-7-3-5-13-6-4-8-15/h13H,3-12H2,1-2H3. The minimum absolute atomic E-state index is 0.850. The Kier molecular flexibility index (Phi) is 7.76. The van der Waals surface area contributed by atoms with Crippen molar-refractivity contribution in [3.8, 4) is 0 Å². The van der Waals surface area contributed by atoms with Crippen LogP contribution < -0.4 is 5.32 Å². The first-order chi connectivity index (χ1) is 7.79. The van der Waals surface area contributed by atoms with E-state index in [1.165, 1.54) is 25.9 Å². The Bertz CT molecular complexity index is 156. The molecule has 1 saturated heterocycles. The molecule has 0 aliphatic carbocycles. The molecule has 0 unspecified atom stereocenters. The van der Waals surface area contributed by atoms with E-state index in [-0.39, 0.29) is 0 Å². The van der Waals surface area contributed by atoms with Gasteiger partial charge in [0.05, 0.1) is 13.2 Å². The van der Waals surface area contributed by atoms with Crippen LogP contribution in [-0.2, 0) is 4.74 Å². The molecule has 0 bridgehead atoms. The van der Waals surface area contributed by atoms with E-state index in [2.05, 4.69) is 29.2 Å². The Labute approximate surface area is 99.9 Å². The molecule has 0 aromatic heterocycles. The molecule has 96 valence electrons. The quantitative estimate of drug-likeness (QED) is 0.661. The van der Waals surface area contributed by atoms with Gasteiger partial charge in [0, 0.05) is 13.1 Å². The van der Waals surface area contributed by atoms with Gasteiger partial charge >= 0.3 is 0 Å². The summed E-state index contributed by atoms with van der Waals surface area (Å²) in [7, 11) is 4.16. The second kappa shape index (κ2) is 8.93. The van der Waals surface area contributed by atoms with E-state index in [4.69, 9.17) is 4.74 Å². The van der Waals surface area contributed by atoms with E-state index < -0.39 is 0 Å². The lowest BCUT2D eigenvalue weighted by atomic mass is 10.3. The molecule has 1 rings (SSSR count). The molecule has 16 heavy (non-hydrogen) atoms. The zero-order chi connectivity index (χ0) is 11.6. The molecule has 0 aromatic carbocycles. The first-order valence-electron chi connectivity index (χ1n) is 6.44. The number of likely N-dealkylation sites (N-methyl/N-ethyl adjacent to an activating group) is 1. The molecular weight excluding hydrogens is 202 g/mol. The molecule has 0 amide bonds. The van der Waals surface area contributed by atoms with E-state index in [1.54, 1.807) is 0 Å². The Morgan fingerprint density at radius 3 is 2.44 bits per heavy atom. The SMILES string of the molecule is CN(C)CCOCCN1CCCNCCC1. The molecule has 1 aliphatic rings. The monoisotopic (exact) mass is 229 g/mol. The first-order valence-corrected chi connectivity index (χ1v) is 6.44. The second-order valence-corrected chi connectivity index (χ2v) is 4.71. The average Bonchev–Trinajstić information content (AvgIpc) is 2.19. The molecule has 0 radical (unpaired) electrons. The van der Waals surface area contributed by atoms with Crippen molar-refractivity contribution in [1.29, 1.82) is 0 Å². The predicted molar refractivity (Wildman–Crippen MR) is 67.9 cm³/mol. The highest BCUT2D eigenvalue weighted by molar-refractivity contribution is 4.63. The molecule has 1 aliphatic heterocycles. The fourth-order valence-electron chi connectivity index (χ4n) is 1.86. The van der Waals surface area contributed by atoms with Crippen LogP contribution in [0.5, 0.6) is 0 Å². The fraction of sp³-hybridized carbons (Fsp3) is 1.00. The van der Waals surface area contributed by atoms with Crippen molar-refractivity contribution >= 4 is 0 Å². The summed E-state index contributed by atoms with van der Waals surface area (Å²) in [5, 5.41) is 3.43. The predicted octanol–water partition coefficient (Wildman–Crippen LogP) is 0.250. The molecule has 0 atom stereocenters. The van der Waals surface area contributed by atoms with E-state index in [1.807, 2.05) is 0 Å². The fourth-order valence-corrected chi connectivity index (χ4v) is 1.86. The van der Waals surface area contributed by atoms with Crippen LogP contribution in [0.3, 0.4) is 0 Å². The van der Waals surface area contributed by atoms with Crippen molar-refractivity contribution in [3.05, 3.63) is 0 Å². The number of hydrogen-bond donors (Lipinski definition) is 1. The van der Waals surface area contributed by atoms with E-state index in [9.17, 15) is 0 Å². The molecule has 1 fully saturated rings. The van der Waals surface area contributed by atoms with Crippen molar-refractivity contribution < 1.29 is 4.74 Å². The van der Waals surface area contributed by atoms with E-state index >= 15 is 0 Å². The highest BCUT2D eigenvalue weighted by atomic mass is 16.5. The van der Waals surface area contributed by atoms with Gasteiger partial charge in [-0.1, -0.05) is 0 Å². The van der Waals surface area contributed by atoms with Gasteiger partial charge in [-0.3, -0.25) is 0 Å². The van der Waals surface area contributed by atoms with Crippen LogP contribution in [0.1, 0.15) is 12.8 Å². The highest BCUT2D eigenvalue weighted by Crippen LogP contribution is 1.97. The van der Waals surface area contributed by atoms with E-state index in [0.717, 1.165) is 39.4 Å². The maximum Gasteiger partial charge on any atom is 0.0594 e. The zero-order valence-corrected chi connectivity index (χ0v) is 10.9. The van der Waals surface area contributed by atoms with Crippen LogP contribution in [0.2, 0.25) is 0 Å². The lowest BCUT2D eigenvalue weighted by molar-refractivity contribution is 0.0904. The Hall–Kier alpha value is -0.160. The van der Waals surface area contributed by atoms with Crippen molar-refractivity contribution in [3.63, 3.8) is 0 Å². The molecule has 4 heteroatoms. The Morgan fingerprint density at radius 1 is 1.12 bits per heavy atom. The number of nitrogens with zero attached hydrogens (tertiary/aromatic N) is 2. The van der Waals surface area contributed by atoms with Crippen LogP contribution in [0.15, 0.2) is 0 Å². The number of ether oxygens (including phenoxy) is 1. The van der Waals surface area contributed by atoms with Crippen LogP contribution in [0.25, 0.3) is 0 Å². The highest BCUT2D eigenvalue weighted by Gasteiger charge is 2.06. The van der Waals surface area contributed by atoms with E-state index in [0.29, 0.717) is 0 Å². The van der Waals surface area contributed by atoms with Gasteiger partial charge in [0.2, 0.25) is 0 Å². The van der Waals surface area contributed by atoms with Gasteiger partial charge in [-0.25, -0.2) is 0 Å². The van der Waals surface area contributed by atoms with Crippen LogP contribution in [0.4, 0.5) is 0 Å². The molecule has 1 N–H and O–H groups in total. The minimum Gasteiger partial charge on any atom is -0.379 e. The largest absolute Gasteiger partial charge is 0.379 e. The van der Waals surface area contributed by atoms with Crippen molar-refractivity contribution in [2.75, 3.05) is 66.6 Å². The van der Waals surface area contributed by atoms with Gasteiger partial charge < -0.3 is 19.9 Å². The summed E-state index contributed by atoms with van der Waals surface area (Å²) in [4.78, 5) is 4.68. The molecular formula is C12H27N3O. The Balaban J connectivity index is 1.97. The summed E-state index contributed by atoms with van der Waals surface area (Å²) in [6, 6.07) is 0. The summed E-state index contributed by atoms with van der Waals surface area (Å²) in [5.74, 6) is 0. The van der Waals surface area contributed by atoms with Crippen LogP contribution in [0, 0.1) is 0 Å². The number of nitrogens with one attached hydrogen (secondary N) is 1. The van der Waals surface area contributed by atoms with Crippen molar-refractivity contribution in [2.24, 2.45) is 0 Å². The summed E-state index contributed by atoms with van der Waals surface area (Å²) < 4.78 is 5.62. The lowest BCUT2D eigenvalue weighted by Crippen LogP contribution is -2.36. The zero-order valence-electron chi connectivity index (χ0n) is 10.9. The lowest BCUT2D eigenvalue weighted by Gasteiger charge is -2.24. The third-order valence-electron chi connectivity index (χ3n) is 2.89. The molecule has 0 spiro atoms. The summed E-state index contributed by atoms with van der Waals surface area (Å²) in [6.07, 6.45) is 2.52. The third-order valence-corrected chi connectivity index (χ3v) is 2.89. The van der Waals surface area contributed by atoms with Gasteiger partial charge in [0.1, 0.15) is 0 Å². The smallest absolute Gasteiger partial charge is 0.0594 e. The van der Waals surface area contributed by atoms with Crippen molar-refractivity contribution in [2.45, 2.75) is 12.8 Å². The molecule has 1 heterocycles. The maximum absolute atomic E-state index is 5.62.